The van der Waals surface area contributed by atoms with Crippen LogP contribution in [0, 0.1) is 16.4 Å². The molecule has 3 N–H and O–H groups in total. The Morgan fingerprint density at radius 3 is 2.74 bits per heavy atom. The molecule has 1 heterocycles. The van der Waals surface area contributed by atoms with Gasteiger partial charge >= 0.3 is 0 Å². The van der Waals surface area contributed by atoms with Gasteiger partial charge in [0.2, 0.25) is 0 Å². The molecule has 3 rings (SSSR count). The van der Waals surface area contributed by atoms with Gasteiger partial charge in [0.1, 0.15) is 12.4 Å². The lowest BCUT2D eigenvalue weighted by Crippen LogP contribution is -2.36. The van der Waals surface area contributed by atoms with E-state index in [-0.39, 0.29) is 22.7 Å². The van der Waals surface area contributed by atoms with E-state index < -0.39 is 23.6 Å². The maximum Gasteiger partial charge on any atom is 0.259 e. The second-order valence-electron chi connectivity index (χ2n) is 5.93. The lowest BCUT2D eigenvalue weighted by Gasteiger charge is -2.15. The minimum Gasteiger partial charge on any atom is -0.488 e. The number of nitrogens with one attached hydrogen (secondary N) is 3. The van der Waals surface area contributed by atoms with E-state index in [9.17, 15) is 18.4 Å². The zero-order valence-electron chi connectivity index (χ0n) is 14.1. The van der Waals surface area contributed by atoms with Gasteiger partial charge < -0.3 is 15.0 Å². The van der Waals surface area contributed by atoms with Crippen LogP contribution in [-0.2, 0) is 0 Å². The molecule has 0 unspecified atom stereocenters. The molecule has 0 bridgehead atoms. The molecule has 2 aromatic carbocycles. The van der Waals surface area contributed by atoms with Crippen molar-refractivity contribution in [1.82, 2.24) is 15.3 Å². The van der Waals surface area contributed by atoms with Crippen molar-refractivity contribution in [3.8, 4) is 5.75 Å². The van der Waals surface area contributed by atoms with E-state index in [1.807, 2.05) is 0 Å². The molecule has 3 aromatic rings. The Bertz CT molecular complexity index is 1130. The fourth-order valence-corrected chi connectivity index (χ4v) is 2.67. The van der Waals surface area contributed by atoms with Crippen molar-refractivity contribution < 1.29 is 18.3 Å². The van der Waals surface area contributed by atoms with Crippen LogP contribution in [0.15, 0.2) is 41.2 Å². The predicted octanol–water partition coefficient (Wildman–Crippen LogP) is 3.06. The van der Waals surface area contributed by atoms with Crippen molar-refractivity contribution in [2.75, 3.05) is 6.61 Å². The predicted molar refractivity (Wildman–Crippen MR) is 98.5 cm³/mol. The summed E-state index contributed by atoms with van der Waals surface area (Å²) < 4.78 is 31.9. The number of carbonyl (C=O) groups excluding carboxylic acids is 1. The van der Waals surface area contributed by atoms with E-state index in [0.29, 0.717) is 16.5 Å². The van der Waals surface area contributed by atoms with Gasteiger partial charge in [-0.1, -0.05) is 0 Å². The number of amides is 1. The average molecular weight is 391 g/mol. The summed E-state index contributed by atoms with van der Waals surface area (Å²) in [6.07, 6.45) is 0. The van der Waals surface area contributed by atoms with E-state index in [4.69, 9.17) is 17.0 Å². The van der Waals surface area contributed by atoms with Crippen LogP contribution in [0.2, 0.25) is 0 Å². The van der Waals surface area contributed by atoms with Crippen LogP contribution >= 0.6 is 12.2 Å². The van der Waals surface area contributed by atoms with Gasteiger partial charge in [-0.2, -0.15) is 0 Å². The standard InChI is InChI=1S/C18H15F2N3O3S/c1-9(8-26-15-5-3-11(19)7-13(15)20)21-16(24)10-2-4-12-14(6-10)22-18(27)23-17(12)25/h2-7,9H,8H2,1H3,(H,21,24)(H2,22,23,25,27)/t9-/m0/s1. The molecule has 0 saturated carbocycles. The van der Waals surface area contributed by atoms with Gasteiger partial charge in [0.25, 0.3) is 11.5 Å². The summed E-state index contributed by atoms with van der Waals surface area (Å²) in [5.74, 6) is -2.01. The summed E-state index contributed by atoms with van der Waals surface area (Å²) in [7, 11) is 0. The number of H-pyrrole nitrogens is 2. The maximum absolute atomic E-state index is 13.5. The quantitative estimate of drug-likeness (QED) is 0.584. The first-order chi connectivity index (χ1) is 12.8. The summed E-state index contributed by atoms with van der Waals surface area (Å²) in [6.45, 7) is 1.67. The molecular formula is C18H15F2N3O3S. The highest BCUT2D eigenvalue weighted by molar-refractivity contribution is 7.71. The van der Waals surface area contributed by atoms with E-state index in [1.54, 1.807) is 6.92 Å². The highest BCUT2D eigenvalue weighted by Crippen LogP contribution is 2.17. The van der Waals surface area contributed by atoms with E-state index in [0.717, 1.165) is 12.1 Å². The molecule has 27 heavy (non-hydrogen) atoms. The zero-order chi connectivity index (χ0) is 19.6. The second-order valence-corrected chi connectivity index (χ2v) is 6.34. The number of halogens is 2. The third-order valence-corrected chi connectivity index (χ3v) is 3.97. The lowest BCUT2D eigenvalue weighted by atomic mass is 10.1. The summed E-state index contributed by atoms with van der Waals surface area (Å²) in [4.78, 5) is 29.5. The second kappa shape index (κ2) is 7.67. The Hall–Kier alpha value is -3.07. The van der Waals surface area contributed by atoms with Crippen molar-refractivity contribution in [2.24, 2.45) is 0 Å². The Kier molecular flexibility index (Phi) is 5.31. The first-order valence-corrected chi connectivity index (χ1v) is 8.39. The number of carbonyl (C=O) groups is 1. The van der Waals surface area contributed by atoms with Crippen molar-refractivity contribution in [3.05, 3.63) is 68.7 Å². The fraction of sp³-hybridized carbons (Fsp3) is 0.167. The maximum atomic E-state index is 13.5. The Labute approximate surface area is 157 Å². The van der Waals surface area contributed by atoms with E-state index >= 15 is 0 Å². The van der Waals surface area contributed by atoms with Gasteiger partial charge in [0.15, 0.2) is 16.3 Å². The van der Waals surface area contributed by atoms with Crippen molar-refractivity contribution in [2.45, 2.75) is 13.0 Å². The van der Waals surface area contributed by atoms with Crippen LogP contribution in [0.3, 0.4) is 0 Å². The highest BCUT2D eigenvalue weighted by atomic mass is 32.1. The van der Waals surface area contributed by atoms with Gasteiger partial charge in [0, 0.05) is 11.6 Å². The number of aromatic nitrogens is 2. The van der Waals surface area contributed by atoms with Gasteiger partial charge in [-0.25, -0.2) is 8.78 Å². The topological polar surface area (TPSA) is 87.0 Å². The van der Waals surface area contributed by atoms with Crippen molar-refractivity contribution in [3.63, 3.8) is 0 Å². The monoisotopic (exact) mass is 391 g/mol. The summed E-state index contributed by atoms with van der Waals surface area (Å²) in [5.41, 5.74) is 0.413. The Morgan fingerprint density at radius 2 is 2.00 bits per heavy atom. The van der Waals surface area contributed by atoms with E-state index in [1.165, 1.54) is 24.3 Å². The number of ether oxygens (including phenoxy) is 1. The summed E-state index contributed by atoms with van der Waals surface area (Å²) in [5, 5.41) is 3.08. The number of benzene rings is 2. The number of hydrogen-bond donors (Lipinski definition) is 3. The van der Waals surface area contributed by atoms with Gasteiger partial charge in [-0.3, -0.25) is 14.6 Å². The van der Waals surface area contributed by atoms with Gasteiger partial charge in [0.05, 0.1) is 16.9 Å². The zero-order valence-corrected chi connectivity index (χ0v) is 15.0. The Balaban J connectivity index is 1.68. The molecular weight excluding hydrogens is 376 g/mol. The summed E-state index contributed by atoms with van der Waals surface area (Å²) in [6, 6.07) is 7.09. The minimum absolute atomic E-state index is 0.00995. The van der Waals surface area contributed by atoms with Crippen molar-refractivity contribution >= 4 is 29.0 Å². The lowest BCUT2D eigenvalue weighted by molar-refractivity contribution is 0.0926. The molecule has 1 atom stereocenters. The summed E-state index contributed by atoms with van der Waals surface area (Å²) >= 11 is 4.92. The van der Waals surface area contributed by atoms with Crippen LogP contribution < -0.4 is 15.6 Å². The molecule has 0 fully saturated rings. The van der Waals surface area contributed by atoms with Crippen LogP contribution in [0.5, 0.6) is 5.75 Å². The first-order valence-electron chi connectivity index (χ1n) is 7.98. The smallest absolute Gasteiger partial charge is 0.259 e. The van der Waals surface area contributed by atoms with Crippen LogP contribution in [0.1, 0.15) is 17.3 Å². The first kappa shape index (κ1) is 18.7. The number of rotatable bonds is 5. The third kappa shape index (κ3) is 4.37. The largest absolute Gasteiger partial charge is 0.488 e. The number of fused-ring (bicyclic) bond motifs is 1. The highest BCUT2D eigenvalue weighted by Gasteiger charge is 2.13. The molecule has 9 heteroatoms. The SMILES string of the molecule is C[C@@H](COc1ccc(F)cc1F)NC(=O)c1ccc2c(=O)[nH]c(=S)[nH]c2c1. The molecule has 0 aliphatic heterocycles. The molecule has 140 valence electrons. The van der Waals surface area contributed by atoms with Gasteiger partial charge in [-0.05, 0) is 49.5 Å². The molecule has 1 aromatic heterocycles. The number of aromatic amines is 2. The molecule has 0 saturated heterocycles. The molecule has 0 aliphatic rings. The molecule has 1 amide bonds. The number of hydrogen-bond acceptors (Lipinski definition) is 4. The van der Waals surface area contributed by atoms with Crippen LogP contribution in [0.4, 0.5) is 8.78 Å². The third-order valence-electron chi connectivity index (χ3n) is 3.76. The van der Waals surface area contributed by atoms with E-state index in [2.05, 4.69) is 15.3 Å². The molecule has 0 spiro atoms. The molecule has 6 nitrogen and oxygen atoms in total. The van der Waals surface area contributed by atoms with Crippen LogP contribution in [-0.4, -0.2) is 28.5 Å². The normalized spacial score (nSPS) is 12.0. The average Bonchev–Trinajstić information content (AvgIpc) is 2.60. The van der Waals surface area contributed by atoms with Gasteiger partial charge in [-0.15, -0.1) is 0 Å². The van der Waals surface area contributed by atoms with Crippen LogP contribution in [0.25, 0.3) is 10.9 Å². The fourth-order valence-electron chi connectivity index (χ4n) is 2.47. The minimum atomic E-state index is -0.816. The molecule has 0 aliphatic carbocycles. The van der Waals surface area contributed by atoms with Crippen molar-refractivity contribution in [1.29, 1.82) is 0 Å². The molecule has 0 radical (unpaired) electrons. The Morgan fingerprint density at radius 1 is 1.22 bits per heavy atom.